The van der Waals surface area contributed by atoms with E-state index < -0.39 is 16.3 Å². The van der Waals surface area contributed by atoms with Crippen molar-refractivity contribution in [2.75, 3.05) is 13.7 Å². The zero-order valence-corrected chi connectivity index (χ0v) is 11.8. The van der Waals surface area contributed by atoms with Gasteiger partial charge in [-0.15, -0.1) is 0 Å². The van der Waals surface area contributed by atoms with Crippen molar-refractivity contribution in [2.24, 2.45) is 0 Å². The fraction of sp³-hybridized carbons (Fsp3) is 0.500. The van der Waals surface area contributed by atoms with Crippen LogP contribution in [0.4, 0.5) is 0 Å². The highest BCUT2D eigenvalue weighted by Gasteiger charge is 2.52. The van der Waals surface area contributed by atoms with E-state index >= 15 is 0 Å². The number of methoxy groups -OCH3 is 1. The SMILES string of the molecule is COc1ccnc(CN2C(=O)[C@H]3CCCN3S2(=O)=O)c1. The van der Waals surface area contributed by atoms with Crippen LogP contribution in [0.2, 0.25) is 0 Å². The summed E-state index contributed by atoms with van der Waals surface area (Å²) in [4.78, 5) is 16.3. The summed E-state index contributed by atoms with van der Waals surface area (Å²) in [7, 11) is -2.17. The van der Waals surface area contributed by atoms with Crippen molar-refractivity contribution in [1.29, 1.82) is 0 Å². The number of hydrogen-bond acceptors (Lipinski definition) is 5. The van der Waals surface area contributed by atoms with Gasteiger partial charge < -0.3 is 4.74 Å². The van der Waals surface area contributed by atoms with Gasteiger partial charge in [0.1, 0.15) is 11.8 Å². The molecule has 7 nitrogen and oxygen atoms in total. The molecule has 0 bridgehead atoms. The maximum Gasteiger partial charge on any atom is 0.307 e. The third kappa shape index (κ3) is 1.95. The van der Waals surface area contributed by atoms with E-state index in [1.165, 1.54) is 17.6 Å². The zero-order valence-electron chi connectivity index (χ0n) is 11.0. The molecule has 108 valence electrons. The highest BCUT2D eigenvalue weighted by molar-refractivity contribution is 7.87. The van der Waals surface area contributed by atoms with Crippen LogP contribution < -0.4 is 4.74 Å². The molecule has 1 aromatic heterocycles. The van der Waals surface area contributed by atoms with Crippen LogP contribution in [0.3, 0.4) is 0 Å². The first-order chi connectivity index (χ1) is 9.54. The summed E-state index contributed by atoms with van der Waals surface area (Å²) in [6.45, 7) is 0.367. The average molecular weight is 297 g/mol. The van der Waals surface area contributed by atoms with Gasteiger partial charge in [-0.05, 0) is 18.9 Å². The normalized spacial score (nSPS) is 24.9. The van der Waals surface area contributed by atoms with Crippen LogP contribution >= 0.6 is 0 Å². The molecule has 0 unspecified atom stereocenters. The van der Waals surface area contributed by atoms with Gasteiger partial charge in [-0.1, -0.05) is 0 Å². The largest absolute Gasteiger partial charge is 0.497 e. The van der Waals surface area contributed by atoms with Gasteiger partial charge in [0.2, 0.25) is 0 Å². The van der Waals surface area contributed by atoms with Crippen molar-refractivity contribution in [3.8, 4) is 5.75 Å². The quantitative estimate of drug-likeness (QED) is 0.793. The number of fused-ring (bicyclic) bond motifs is 1. The summed E-state index contributed by atoms with van der Waals surface area (Å²) in [5.41, 5.74) is 0.488. The summed E-state index contributed by atoms with van der Waals surface area (Å²) in [5, 5.41) is 0. The summed E-state index contributed by atoms with van der Waals surface area (Å²) < 4.78 is 31.9. The van der Waals surface area contributed by atoms with Crippen molar-refractivity contribution in [2.45, 2.75) is 25.4 Å². The van der Waals surface area contributed by atoms with E-state index in [-0.39, 0.29) is 12.5 Å². The van der Waals surface area contributed by atoms with Crippen molar-refractivity contribution >= 4 is 16.1 Å². The second-order valence-electron chi connectivity index (χ2n) is 4.81. The van der Waals surface area contributed by atoms with E-state index in [0.29, 0.717) is 24.4 Å². The number of hydrogen-bond donors (Lipinski definition) is 0. The number of rotatable bonds is 3. The van der Waals surface area contributed by atoms with Crippen LogP contribution in [0.25, 0.3) is 0 Å². The van der Waals surface area contributed by atoms with E-state index in [1.807, 2.05) is 0 Å². The monoisotopic (exact) mass is 297 g/mol. The lowest BCUT2D eigenvalue weighted by atomic mass is 10.2. The zero-order chi connectivity index (χ0) is 14.3. The van der Waals surface area contributed by atoms with Crippen LogP contribution in [0, 0.1) is 0 Å². The van der Waals surface area contributed by atoms with E-state index in [4.69, 9.17) is 4.74 Å². The number of carbonyl (C=O) groups is 1. The molecule has 3 rings (SSSR count). The molecule has 3 heterocycles. The van der Waals surface area contributed by atoms with Crippen molar-refractivity contribution in [3.63, 3.8) is 0 Å². The van der Waals surface area contributed by atoms with E-state index in [1.54, 1.807) is 12.1 Å². The van der Waals surface area contributed by atoms with Crippen LogP contribution in [0.5, 0.6) is 5.75 Å². The predicted octanol–water partition coefficient (Wildman–Crippen LogP) is 0.142. The summed E-state index contributed by atoms with van der Waals surface area (Å²) >= 11 is 0. The second kappa shape index (κ2) is 4.71. The third-order valence-electron chi connectivity index (χ3n) is 3.64. The Kier molecular flexibility index (Phi) is 3.14. The maximum absolute atomic E-state index is 12.3. The Hall–Kier alpha value is -1.67. The lowest BCUT2D eigenvalue weighted by molar-refractivity contribution is -0.127. The Labute approximate surface area is 117 Å². The molecule has 1 atom stereocenters. The lowest BCUT2D eigenvalue weighted by Crippen LogP contribution is -2.34. The first kappa shape index (κ1) is 13.3. The molecular formula is C12H15N3O4S. The first-order valence-electron chi connectivity index (χ1n) is 6.36. The Morgan fingerprint density at radius 3 is 3.00 bits per heavy atom. The van der Waals surface area contributed by atoms with Gasteiger partial charge in [-0.2, -0.15) is 12.7 Å². The number of aromatic nitrogens is 1. The Morgan fingerprint density at radius 1 is 1.50 bits per heavy atom. The summed E-state index contributed by atoms with van der Waals surface area (Å²) in [6, 6.07) is 2.78. The number of ether oxygens (including phenoxy) is 1. The molecule has 0 aliphatic carbocycles. The average Bonchev–Trinajstić information content (AvgIpc) is 2.99. The Morgan fingerprint density at radius 2 is 2.30 bits per heavy atom. The molecular weight excluding hydrogens is 282 g/mol. The van der Waals surface area contributed by atoms with Crippen molar-refractivity contribution < 1.29 is 17.9 Å². The molecule has 8 heteroatoms. The minimum Gasteiger partial charge on any atom is -0.497 e. The third-order valence-corrected chi connectivity index (χ3v) is 5.53. The Balaban J connectivity index is 1.89. The molecule has 0 saturated carbocycles. The molecule has 2 fully saturated rings. The highest BCUT2D eigenvalue weighted by atomic mass is 32.2. The Bertz CT molecular complexity index is 646. The molecule has 2 aliphatic rings. The number of nitrogens with zero attached hydrogens (tertiary/aromatic N) is 3. The highest BCUT2D eigenvalue weighted by Crippen LogP contribution is 2.32. The second-order valence-corrected chi connectivity index (χ2v) is 6.61. The standard InChI is InChI=1S/C12H15N3O4S/c1-19-10-4-5-13-9(7-10)8-15-12(16)11-3-2-6-14(11)20(15,17)18/h4-5,7,11H,2-3,6,8H2,1H3/t11-/m1/s1. The van der Waals surface area contributed by atoms with Crippen LogP contribution in [0.1, 0.15) is 18.5 Å². The van der Waals surface area contributed by atoms with Gasteiger partial charge >= 0.3 is 10.2 Å². The van der Waals surface area contributed by atoms with Crippen molar-refractivity contribution in [1.82, 2.24) is 13.6 Å². The molecule has 0 aromatic carbocycles. The maximum atomic E-state index is 12.3. The van der Waals surface area contributed by atoms with Crippen LogP contribution in [-0.4, -0.2) is 47.6 Å². The minimum absolute atomic E-state index is 0.0502. The van der Waals surface area contributed by atoms with E-state index in [2.05, 4.69) is 4.98 Å². The van der Waals surface area contributed by atoms with Gasteiger partial charge in [-0.3, -0.25) is 9.78 Å². The number of pyridine rings is 1. The fourth-order valence-electron chi connectivity index (χ4n) is 2.65. The van der Waals surface area contributed by atoms with Crippen LogP contribution in [-0.2, 0) is 21.5 Å². The summed E-state index contributed by atoms with van der Waals surface area (Å²) in [5.74, 6) is 0.228. The minimum atomic E-state index is -3.70. The summed E-state index contributed by atoms with van der Waals surface area (Å²) in [6.07, 6.45) is 2.86. The van der Waals surface area contributed by atoms with E-state index in [0.717, 1.165) is 10.7 Å². The smallest absolute Gasteiger partial charge is 0.307 e. The van der Waals surface area contributed by atoms with Gasteiger partial charge in [0.15, 0.2) is 0 Å². The molecule has 20 heavy (non-hydrogen) atoms. The topological polar surface area (TPSA) is 79.8 Å². The van der Waals surface area contributed by atoms with Crippen LogP contribution in [0.15, 0.2) is 18.3 Å². The number of amides is 1. The molecule has 0 N–H and O–H groups in total. The molecule has 1 amide bonds. The fourth-order valence-corrected chi connectivity index (χ4v) is 4.42. The lowest BCUT2D eigenvalue weighted by Gasteiger charge is -2.17. The van der Waals surface area contributed by atoms with Gasteiger partial charge in [-0.25, -0.2) is 4.31 Å². The molecule has 2 aliphatic heterocycles. The van der Waals surface area contributed by atoms with Gasteiger partial charge in [0, 0.05) is 18.8 Å². The first-order valence-corrected chi connectivity index (χ1v) is 7.76. The predicted molar refractivity (Wildman–Crippen MR) is 70.0 cm³/mol. The van der Waals surface area contributed by atoms with E-state index in [9.17, 15) is 13.2 Å². The molecule has 1 aromatic rings. The number of carbonyl (C=O) groups excluding carboxylic acids is 1. The molecule has 0 spiro atoms. The molecule has 0 radical (unpaired) electrons. The molecule has 2 saturated heterocycles. The van der Waals surface area contributed by atoms with Gasteiger partial charge in [0.25, 0.3) is 5.91 Å². The van der Waals surface area contributed by atoms with Crippen molar-refractivity contribution in [3.05, 3.63) is 24.0 Å². The van der Waals surface area contributed by atoms with Gasteiger partial charge in [0.05, 0.1) is 19.3 Å².